The third kappa shape index (κ3) is 5.75. The molecule has 0 bridgehead atoms. The highest BCUT2D eigenvalue weighted by Crippen LogP contribution is 2.22. The number of sulfonamides is 1. The standard InChI is InChI=1S/C17H20N2O3S/c1-13-6-5-7-14(12-13)10-11-17(20)18-15-8-3-4-9-16(15)19-23(2,21)22/h3-9,12,19H,10-11H2,1-2H3,(H,18,20). The number of carbonyl (C=O) groups is 1. The third-order valence-corrected chi connectivity index (χ3v) is 3.81. The summed E-state index contributed by atoms with van der Waals surface area (Å²) in [4.78, 5) is 12.1. The Balaban J connectivity index is 2.00. The zero-order valence-corrected chi connectivity index (χ0v) is 14.0. The molecule has 23 heavy (non-hydrogen) atoms. The predicted octanol–water partition coefficient (Wildman–Crippen LogP) is 2.94. The minimum absolute atomic E-state index is 0.158. The highest BCUT2D eigenvalue weighted by atomic mass is 32.2. The number of nitrogens with one attached hydrogen (secondary N) is 2. The maximum Gasteiger partial charge on any atom is 0.229 e. The van der Waals surface area contributed by atoms with Gasteiger partial charge in [0.25, 0.3) is 0 Å². The topological polar surface area (TPSA) is 75.3 Å². The number of aryl methyl sites for hydroxylation is 2. The lowest BCUT2D eigenvalue weighted by atomic mass is 10.1. The lowest BCUT2D eigenvalue weighted by Gasteiger charge is -2.12. The normalized spacial score (nSPS) is 11.0. The summed E-state index contributed by atoms with van der Waals surface area (Å²) < 4.78 is 25.1. The Morgan fingerprint density at radius 2 is 1.74 bits per heavy atom. The van der Waals surface area contributed by atoms with Crippen LogP contribution in [0, 0.1) is 6.92 Å². The molecule has 0 saturated carbocycles. The number of hydrogen-bond acceptors (Lipinski definition) is 3. The number of anilines is 2. The van der Waals surface area contributed by atoms with E-state index in [1.165, 1.54) is 0 Å². The minimum Gasteiger partial charge on any atom is -0.324 e. The van der Waals surface area contributed by atoms with E-state index in [0.717, 1.165) is 17.4 Å². The fraction of sp³-hybridized carbons (Fsp3) is 0.235. The van der Waals surface area contributed by atoms with Crippen molar-refractivity contribution < 1.29 is 13.2 Å². The van der Waals surface area contributed by atoms with Crippen LogP contribution in [0.1, 0.15) is 17.5 Å². The Bertz CT molecular complexity index is 801. The average molecular weight is 332 g/mol. The van der Waals surface area contributed by atoms with Gasteiger partial charge in [-0.25, -0.2) is 8.42 Å². The van der Waals surface area contributed by atoms with Crippen molar-refractivity contribution in [3.05, 3.63) is 59.7 Å². The van der Waals surface area contributed by atoms with Crippen LogP contribution < -0.4 is 10.0 Å². The molecule has 122 valence electrons. The first-order valence-corrected chi connectivity index (χ1v) is 9.15. The van der Waals surface area contributed by atoms with Crippen LogP contribution in [-0.4, -0.2) is 20.6 Å². The van der Waals surface area contributed by atoms with Crippen molar-refractivity contribution >= 4 is 27.3 Å². The van der Waals surface area contributed by atoms with Gasteiger partial charge in [-0.15, -0.1) is 0 Å². The van der Waals surface area contributed by atoms with Gasteiger partial charge in [0.15, 0.2) is 0 Å². The first-order valence-electron chi connectivity index (χ1n) is 7.26. The number of rotatable bonds is 6. The molecule has 0 atom stereocenters. The van der Waals surface area contributed by atoms with E-state index in [-0.39, 0.29) is 5.91 Å². The summed E-state index contributed by atoms with van der Waals surface area (Å²) >= 11 is 0. The van der Waals surface area contributed by atoms with E-state index in [1.54, 1.807) is 24.3 Å². The van der Waals surface area contributed by atoms with Crippen LogP contribution in [0.4, 0.5) is 11.4 Å². The molecule has 5 nitrogen and oxygen atoms in total. The summed E-state index contributed by atoms with van der Waals surface area (Å²) in [5, 5.41) is 2.75. The second-order valence-corrected chi connectivity index (χ2v) is 7.21. The van der Waals surface area contributed by atoms with Gasteiger partial charge in [-0.3, -0.25) is 9.52 Å². The summed E-state index contributed by atoms with van der Waals surface area (Å²) in [7, 11) is -3.40. The summed E-state index contributed by atoms with van der Waals surface area (Å²) in [5.74, 6) is -0.158. The van der Waals surface area contributed by atoms with Crippen LogP contribution in [0.25, 0.3) is 0 Å². The van der Waals surface area contributed by atoms with E-state index in [4.69, 9.17) is 0 Å². The van der Waals surface area contributed by atoms with Crippen LogP contribution >= 0.6 is 0 Å². The Morgan fingerprint density at radius 3 is 2.39 bits per heavy atom. The molecule has 6 heteroatoms. The van der Waals surface area contributed by atoms with Gasteiger partial charge in [0.1, 0.15) is 0 Å². The van der Waals surface area contributed by atoms with Gasteiger partial charge in [0, 0.05) is 6.42 Å². The summed E-state index contributed by atoms with van der Waals surface area (Å²) in [6.45, 7) is 2.01. The van der Waals surface area contributed by atoms with Crippen molar-refractivity contribution in [2.24, 2.45) is 0 Å². The SMILES string of the molecule is Cc1cccc(CCC(=O)Nc2ccccc2NS(C)(=O)=O)c1. The smallest absolute Gasteiger partial charge is 0.229 e. The van der Waals surface area contributed by atoms with E-state index in [9.17, 15) is 13.2 Å². The van der Waals surface area contributed by atoms with E-state index < -0.39 is 10.0 Å². The molecule has 2 N–H and O–H groups in total. The maximum atomic E-state index is 12.1. The lowest BCUT2D eigenvalue weighted by Crippen LogP contribution is -2.16. The molecule has 0 aliphatic rings. The Hall–Kier alpha value is -2.34. The molecular weight excluding hydrogens is 312 g/mol. The molecule has 0 aromatic heterocycles. The van der Waals surface area contributed by atoms with Crippen molar-refractivity contribution in [1.82, 2.24) is 0 Å². The molecule has 0 saturated heterocycles. The van der Waals surface area contributed by atoms with Crippen LogP contribution in [0.5, 0.6) is 0 Å². The van der Waals surface area contributed by atoms with Crippen molar-refractivity contribution in [3.63, 3.8) is 0 Å². The summed E-state index contributed by atoms with van der Waals surface area (Å²) in [6.07, 6.45) is 2.04. The fourth-order valence-electron chi connectivity index (χ4n) is 2.22. The Labute approximate surface area is 136 Å². The quantitative estimate of drug-likeness (QED) is 0.854. The third-order valence-electron chi connectivity index (χ3n) is 3.22. The average Bonchev–Trinajstić information content (AvgIpc) is 2.46. The second-order valence-electron chi connectivity index (χ2n) is 5.46. The highest BCUT2D eigenvalue weighted by molar-refractivity contribution is 7.92. The zero-order chi connectivity index (χ0) is 16.9. The number of hydrogen-bond donors (Lipinski definition) is 2. The van der Waals surface area contributed by atoms with E-state index >= 15 is 0 Å². The van der Waals surface area contributed by atoms with Crippen LogP contribution in [-0.2, 0) is 21.2 Å². The fourth-order valence-corrected chi connectivity index (χ4v) is 2.80. The first kappa shape index (κ1) is 17.0. The van der Waals surface area contributed by atoms with Gasteiger partial charge in [-0.05, 0) is 31.0 Å². The molecule has 0 radical (unpaired) electrons. The molecule has 2 rings (SSSR count). The van der Waals surface area contributed by atoms with Crippen LogP contribution in [0.15, 0.2) is 48.5 Å². The largest absolute Gasteiger partial charge is 0.324 e. The molecule has 1 amide bonds. The molecule has 0 aliphatic heterocycles. The van der Waals surface area contributed by atoms with Gasteiger partial charge in [-0.2, -0.15) is 0 Å². The molecule has 0 spiro atoms. The molecule has 2 aromatic rings. The first-order chi connectivity index (χ1) is 10.8. The van der Waals surface area contributed by atoms with E-state index in [2.05, 4.69) is 10.0 Å². The Morgan fingerprint density at radius 1 is 1.04 bits per heavy atom. The van der Waals surface area contributed by atoms with E-state index in [1.807, 2.05) is 31.2 Å². The molecule has 0 fully saturated rings. The van der Waals surface area contributed by atoms with Crippen molar-refractivity contribution in [1.29, 1.82) is 0 Å². The van der Waals surface area contributed by atoms with Gasteiger partial charge in [-0.1, -0.05) is 42.0 Å². The van der Waals surface area contributed by atoms with E-state index in [0.29, 0.717) is 24.2 Å². The zero-order valence-electron chi connectivity index (χ0n) is 13.2. The summed E-state index contributed by atoms with van der Waals surface area (Å²) in [5.41, 5.74) is 3.07. The van der Waals surface area contributed by atoms with Gasteiger partial charge in [0.2, 0.25) is 15.9 Å². The minimum atomic E-state index is -3.40. The molecule has 2 aromatic carbocycles. The molecule has 0 heterocycles. The number of amides is 1. The summed E-state index contributed by atoms with van der Waals surface area (Å²) in [6, 6.07) is 14.7. The van der Waals surface area contributed by atoms with Crippen LogP contribution in [0.3, 0.4) is 0 Å². The van der Waals surface area contributed by atoms with Crippen molar-refractivity contribution in [3.8, 4) is 0 Å². The maximum absolute atomic E-state index is 12.1. The monoisotopic (exact) mass is 332 g/mol. The number of para-hydroxylation sites is 2. The lowest BCUT2D eigenvalue weighted by molar-refractivity contribution is -0.116. The van der Waals surface area contributed by atoms with Crippen molar-refractivity contribution in [2.45, 2.75) is 19.8 Å². The van der Waals surface area contributed by atoms with Gasteiger partial charge in [0.05, 0.1) is 17.6 Å². The Kier molecular flexibility index (Phi) is 5.39. The highest BCUT2D eigenvalue weighted by Gasteiger charge is 2.10. The van der Waals surface area contributed by atoms with Crippen molar-refractivity contribution in [2.75, 3.05) is 16.3 Å². The molecule has 0 aliphatic carbocycles. The number of benzene rings is 2. The second kappa shape index (κ2) is 7.28. The molecule has 0 unspecified atom stereocenters. The number of carbonyl (C=O) groups excluding carboxylic acids is 1. The van der Waals surface area contributed by atoms with Crippen LogP contribution in [0.2, 0.25) is 0 Å². The molecular formula is C17H20N2O3S. The predicted molar refractivity (Wildman–Crippen MR) is 93.0 cm³/mol. The van der Waals surface area contributed by atoms with Gasteiger partial charge >= 0.3 is 0 Å². The van der Waals surface area contributed by atoms with Gasteiger partial charge < -0.3 is 5.32 Å².